The molecule has 2 aromatic rings. The molecule has 0 aromatic carbocycles. The Bertz CT molecular complexity index is 670. The lowest BCUT2D eigenvalue weighted by atomic mass is 10.2. The lowest BCUT2D eigenvalue weighted by Crippen LogP contribution is -2.47. The van der Waals surface area contributed by atoms with Gasteiger partial charge < -0.3 is 4.74 Å². The molecule has 0 aliphatic carbocycles. The Balaban J connectivity index is 1.94. The van der Waals surface area contributed by atoms with Crippen LogP contribution in [0.4, 0.5) is 10.5 Å². The van der Waals surface area contributed by atoms with Crippen molar-refractivity contribution in [1.29, 1.82) is 0 Å². The third kappa shape index (κ3) is 3.04. The van der Waals surface area contributed by atoms with E-state index in [1.807, 2.05) is 37.9 Å². The van der Waals surface area contributed by atoms with Gasteiger partial charge in [0.05, 0.1) is 5.69 Å². The Hall–Kier alpha value is -2.15. The second kappa shape index (κ2) is 5.57. The van der Waals surface area contributed by atoms with Crippen molar-refractivity contribution in [3.05, 3.63) is 24.7 Å². The quantitative estimate of drug-likeness (QED) is 0.853. The minimum atomic E-state index is -0.534. The van der Waals surface area contributed by atoms with E-state index in [0.29, 0.717) is 5.65 Å². The molecule has 0 radical (unpaired) electrons. The molecule has 3 rings (SSSR count). The fourth-order valence-corrected chi connectivity index (χ4v) is 2.53. The standard InChI is InChI=1S/C15H21N5O2/c1-15(2,3)22-14(21)20(18-7-4-5-8-18)12-6-9-19-13(10-12)16-11-17-19/h6,9-11H,4-5,7-8H2,1-3H3. The van der Waals surface area contributed by atoms with E-state index in [1.54, 1.807) is 15.7 Å². The summed E-state index contributed by atoms with van der Waals surface area (Å²) in [4.78, 5) is 16.8. The molecule has 7 heteroatoms. The van der Waals surface area contributed by atoms with Gasteiger partial charge in [0.2, 0.25) is 0 Å². The van der Waals surface area contributed by atoms with Crippen LogP contribution < -0.4 is 5.01 Å². The number of pyridine rings is 1. The summed E-state index contributed by atoms with van der Waals surface area (Å²) in [5, 5.41) is 7.72. The zero-order valence-corrected chi connectivity index (χ0v) is 13.2. The van der Waals surface area contributed by atoms with Crippen LogP contribution in [0.5, 0.6) is 0 Å². The normalized spacial score (nSPS) is 16.1. The number of nitrogens with zero attached hydrogens (tertiary/aromatic N) is 5. The first kappa shape index (κ1) is 14.8. The van der Waals surface area contributed by atoms with Crippen LogP contribution in [0.1, 0.15) is 33.6 Å². The third-order valence-electron chi connectivity index (χ3n) is 3.44. The van der Waals surface area contributed by atoms with Gasteiger partial charge in [0.15, 0.2) is 5.65 Å². The van der Waals surface area contributed by atoms with Gasteiger partial charge in [0.25, 0.3) is 0 Å². The van der Waals surface area contributed by atoms with E-state index < -0.39 is 5.60 Å². The van der Waals surface area contributed by atoms with Crippen LogP contribution in [-0.2, 0) is 4.74 Å². The highest BCUT2D eigenvalue weighted by Crippen LogP contribution is 2.24. The number of hydrogen-bond acceptors (Lipinski definition) is 5. The summed E-state index contributed by atoms with van der Waals surface area (Å²) < 4.78 is 7.23. The molecule has 118 valence electrons. The Labute approximate surface area is 129 Å². The molecule has 0 saturated carbocycles. The van der Waals surface area contributed by atoms with Gasteiger partial charge in [-0.15, -0.1) is 0 Å². The molecule has 1 aliphatic rings. The summed E-state index contributed by atoms with van der Waals surface area (Å²) in [6.07, 6.45) is 5.08. The Morgan fingerprint density at radius 2 is 2.05 bits per heavy atom. The van der Waals surface area contributed by atoms with E-state index in [1.165, 1.54) is 6.33 Å². The van der Waals surface area contributed by atoms with Crippen molar-refractivity contribution in [2.75, 3.05) is 18.1 Å². The van der Waals surface area contributed by atoms with Gasteiger partial charge in [-0.1, -0.05) is 0 Å². The predicted molar refractivity (Wildman–Crippen MR) is 82.5 cm³/mol. The summed E-state index contributed by atoms with van der Waals surface area (Å²) in [7, 11) is 0. The van der Waals surface area contributed by atoms with Gasteiger partial charge >= 0.3 is 6.09 Å². The van der Waals surface area contributed by atoms with Crippen LogP contribution in [0.15, 0.2) is 24.7 Å². The second-order valence-corrected chi connectivity index (χ2v) is 6.40. The molecule has 0 unspecified atom stereocenters. The monoisotopic (exact) mass is 303 g/mol. The SMILES string of the molecule is CC(C)(C)OC(=O)N(c1ccn2ncnc2c1)N1CCCC1. The maximum absolute atomic E-state index is 12.6. The number of amides is 1. The molecule has 1 saturated heterocycles. The molecule has 0 bridgehead atoms. The van der Waals surface area contributed by atoms with Crippen molar-refractivity contribution in [2.45, 2.75) is 39.2 Å². The molecular formula is C15H21N5O2. The first-order valence-electron chi connectivity index (χ1n) is 7.51. The van der Waals surface area contributed by atoms with Crippen LogP contribution in [-0.4, -0.2) is 44.4 Å². The van der Waals surface area contributed by atoms with E-state index in [9.17, 15) is 4.79 Å². The summed E-state index contributed by atoms with van der Waals surface area (Å²) in [5.74, 6) is 0. The van der Waals surface area contributed by atoms with Crippen molar-refractivity contribution >= 4 is 17.4 Å². The molecule has 7 nitrogen and oxygen atoms in total. The number of hydrogen-bond donors (Lipinski definition) is 0. The number of hydrazine groups is 1. The number of carbonyl (C=O) groups excluding carboxylic acids is 1. The number of carbonyl (C=O) groups is 1. The van der Waals surface area contributed by atoms with Gasteiger partial charge in [-0.05, 0) is 39.7 Å². The molecule has 2 aromatic heterocycles. The van der Waals surface area contributed by atoms with E-state index in [4.69, 9.17) is 4.74 Å². The predicted octanol–water partition coefficient (Wildman–Crippen LogP) is 2.48. The van der Waals surface area contributed by atoms with E-state index >= 15 is 0 Å². The highest BCUT2D eigenvalue weighted by atomic mass is 16.6. The van der Waals surface area contributed by atoms with Crippen LogP contribution in [0, 0.1) is 0 Å². The maximum Gasteiger partial charge on any atom is 0.429 e. The lowest BCUT2D eigenvalue weighted by molar-refractivity contribution is 0.0481. The van der Waals surface area contributed by atoms with Gasteiger partial charge in [0.1, 0.15) is 11.9 Å². The molecule has 1 amide bonds. The van der Waals surface area contributed by atoms with Crippen LogP contribution in [0.2, 0.25) is 0 Å². The maximum atomic E-state index is 12.6. The van der Waals surface area contributed by atoms with Gasteiger partial charge in [0, 0.05) is 25.4 Å². The van der Waals surface area contributed by atoms with Crippen molar-refractivity contribution in [3.63, 3.8) is 0 Å². The molecule has 22 heavy (non-hydrogen) atoms. The van der Waals surface area contributed by atoms with Crippen LogP contribution in [0.25, 0.3) is 5.65 Å². The molecule has 0 atom stereocenters. The number of ether oxygens (including phenoxy) is 1. The van der Waals surface area contributed by atoms with E-state index in [2.05, 4.69) is 10.1 Å². The van der Waals surface area contributed by atoms with Gasteiger partial charge in [-0.2, -0.15) is 5.10 Å². The van der Waals surface area contributed by atoms with Gasteiger partial charge in [-0.3, -0.25) is 0 Å². The van der Waals surface area contributed by atoms with E-state index in [0.717, 1.165) is 31.6 Å². The molecule has 0 spiro atoms. The average Bonchev–Trinajstić information content (AvgIpc) is 3.06. The molecule has 1 aliphatic heterocycles. The van der Waals surface area contributed by atoms with Crippen molar-refractivity contribution in [2.24, 2.45) is 0 Å². The highest BCUT2D eigenvalue weighted by molar-refractivity contribution is 5.87. The fourth-order valence-electron chi connectivity index (χ4n) is 2.53. The summed E-state index contributed by atoms with van der Waals surface area (Å²) in [6.45, 7) is 7.30. The zero-order chi connectivity index (χ0) is 15.7. The number of anilines is 1. The summed E-state index contributed by atoms with van der Waals surface area (Å²) in [5.41, 5.74) is 0.913. The zero-order valence-electron chi connectivity index (χ0n) is 13.2. The largest absolute Gasteiger partial charge is 0.442 e. The minimum absolute atomic E-state index is 0.363. The van der Waals surface area contributed by atoms with Crippen molar-refractivity contribution in [1.82, 2.24) is 19.6 Å². The molecular weight excluding hydrogens is 282 g/mol. The average molecular weight is 303 g/mol. The van der Waals surface area contributed by atoms with Crippen LogP contribution in [0.3, 0.4) is 0 Å². The van der Waals surface area contributed by atoms with Crippen LogP contribution >= 0.6 is 0 Å². The number of rotatable bonds is 2. The Kier molecular flexibility index (Phi) is 3.74. The summed E-state index contributed by atoms with van der Waals surface area (Å²) >= 11 is 0. The second-order valence-electron chi connectivity index (χ2n) is 6.40. The molecule has 0 N–H and O–H groups in total. The lowest BCUT2D eigenvalue weighted by Gasteiger charge is -2.33. The topological polar surface area (TPSA) is 63.0 Å². The highest BCUT2D eigenvalue weighted by Gasteiger charge is 2.30. The fraction of sp³-hybridized carbons (Fsp3) is 0.533. The van der Waals surface area contributed by atoms with Crippen molar-refractivity contribution < 1.29 is 9.53 Å². The first-order chi connectivity index (χ1) is 10.4. The molecule has 3 heterocycles. The Morgan fingerprint density at radius 3 is 2.73 bits per heavy atom. The number of fused-ring (bicyclic) bond motifs is 1. The third-order valence-corrected chi connectivity index (χ3v) is 3.44. The first-order valence-corrected chi connectivity index (χ1v) is 7.51. The number of aromatic nitrogens is 3. The smallest absolute Gasteiger partial charge is 0.429 e. The van der Waals surface area contributed by atoms with Crippen molar-refractivity contribution in [3.8, 4) is 0 Å². The minimum Gasteiger partial charge on any atom is -0.442 e. The van der Waals surface area contributed by atoms with Gasteiger partial charge in [-0.25, -0.2) is 24.3 Å². The molecule has 1 fully saturated rings. The summed E-state index contributed by atoms with van der Waals surface area (Å²) in [6, 6.07) is 3.69. The Morgan fingerprint density at radius 1 is 1.32 bits per heavy atom. The van der Waals surface area contributed by atoms with E-state index in [-0.39, 0.29) is 6.09 Å².